The van der Waals surface area contributed by atoms with Gasteiger partial charge in [-0.2, -0.15) is 0 Å². The maximum atomic E-state index is 11.7. The SMILES string of the molecule is O=C(NCC1CCC1)Nc1cc(Br)cc(C(=O)O)c1. The molecular formula is C13H15BrN2O3. The average molecular weight is 327 g/mol. The van der Waals surface area contributed by atoms with Crippen LogP contribution in [0.3, 0.4) is 0 Å². The summed E-state index contributed by atoms with van der Waals surface area (Å²) in [5.74, 6) is -0.443. The Morgan fingerprint density at radius 3 is 2.63 bits per heavy atom. The molecule has 0 unspecified atom stereocenters. The highest BCUT2D eigenvalue weighted by atomic mass is 79.9. The number of benzene rings is 1. The lowest BCUT2D eigenvalue weighted by atomic mass is 9.85. The number of aromatic carboxylic acids is 1. The number of halogens is 1. The summed E-state index contributed by atoms with van der Waals surface area (Å²) in [6.45, 7) is 0.672. The number of carbonyl (C=O) groups excluding carboxylic acids is 1. The van der Waals surface area contributed by atoms with Crippen LogP contribution in [0.5, 0.6) is 0 Å². The van der Waals surface area contributed by atoms with Gasteiger partial charge in [0.1, 0.15) is 0 Å². The first-order valence-corrected chi connectivity index (χ1v) is 6.92. The van der Waals surface area contributed by atoms with Crippen LogP contribution < -0.4 is 10.6 Å². The number of rotatable bonds is 4. The Balaban J connectivity index is 1.93. The fourth-order valence-electron chi connectivity index (χ4n) is 1.89. The minimum Gasteiger partial charge on any atom is -0.478 e. The monoisotopic (exact) mass is 326 g/mol. The third kappa shape index (κ3) is 3.96. The topological polar surface area (TPSA) is 78.4 Å². The number of amides is 2. The van der Waals surface area contributed by atoms with Crippen molar-refractivity contribution in [1.29, 1.82) is 0 Å². The summed E-state index contributed by atoms with van der Waals surface area (Å²) >= 11 is 3.22. The summed E-state index contributed by atoms with van der Waals surface area (Å²) in [5, 5.41) is 14.4. The lowest BCUT2D eigenvalue weighted by molar-refractivity contribution is 0.0697. The van der Waals surface area contributed by atoms with E-state index in [9.17, 15) is 9.59 Å². The van der Waals surface area contributed by atoms with E-state index in [0.717, 1.165) is 0 Å². The van der Waals surface area contributed by atoms with Crippen LogP contribution in [0.25, 0.3) is 0 Å². The van der Waals surface area contributed by atoms with Gasteiger partial charge < -0.3 is 15.7 Å². The fourth-order valence-corrected chi connectivity index (χ4v) is 2.39. The molecule has 5 nitrogen and oxygen atoms in total. The summed E-state index contributed by atoms with van der Waals surface area (Å²) in [7, 11) is 0. The van der Waals surface area contributed by atoms with Gasteiger partial charge in [-0.3, -0.25) is 0 Å². The molecule has 1 aliphatic carbocycles. The number of urea groups is 1. The highest BCUT2D eigenvalue weighted by Crippen LogP contribution is 2.25. The molecule has 2 amide bonds. The fraction of sp³-hybridized carbons (Fsp3) is 0.385. The third-order valence-electron chi connectivity index (χ3n) is 3.18. The number of carboxylic acids is 1. The number of hydrogen-bond acceptors (Lipinski definition) is 2. The van der Waals surface area contributed by atoms with E-state index in [0.29, 0.717) is 22.6 Å². The Hall–Kier alpha value is -1.56. The summed E-state index contributed by atoms with van der Waals surface area (Å²) in [5.41, 5.74) is 0.585. The van der Waals surface area contributed by atoms with Crippen LogP contribution in [-0.4, -0.2) is 23.7 Å². The molecule has 0 spiro atoms. The van der Waals surface area contributed by atoms with Crippen LogP contribution in [0.4, 0.5) is 10.5 Å². The van der Waals surface area contributed by atoms with Gasteiger partial charge in [-0.25, -0.2) is 9.59 Å². The Morgan fingerprint density at radius 2 is 2.05 bits per heavy atom. The Bertz CT molecular complexity index is 501. The van der Waals surface area contributed by atoms with Gasteiger partial charge in [0.2, 0.25) is 0 Å². The maximum Gasteiger partial charge on any atom is 0.335 e. The number of hydrogen-bond donors (Lipinski definition) is 3. The lowest BCUT2D eigenvalue weighted by Gasteiger charge is -2.25. The van der Waals surface area contributed by atoms with Crippen molar-refractivity contribution in [2.45, 2.75) is 19.3 Å². The van der Waals surface area contributed by atoms with Crippen LogP contribution in [0.2, 0.25) is 0 Å². The summed E-state index contributed by atoms with van der Waals surface area (Å²) in [6.07, 6.45) is 3.57. The molecule has 19 heavy (non-hydrogen) atoms. The van der Waals surface area contributed by atoms with Crippen LogP contribution in [0.15, 0.2) is 22.7 Å². The van der Waals surface area contributed by atoms with E-state index in [4.69, 9.17) is 5.11 Å². The average Bonchev–Trinajstić information content (AvgIpc) is 2.25. The third-order valence-corrected chi connectivity index (χ3v) is 3.64. The molecule has 3 N–H and O–H groups in total. The van der Waals surface area contributed by atoms with Crippen molar-refractivity contribution in [2.24, 2.45) is 5.92 Å². The molecule has 1 aromatic rings. The standard InChI is InChI=1S/C13H15BrN2O3/c14-10-4-9(12(17)18)5-11(6-10)16-13(19)15-7-8-2-1-3-8/h4-6,8H,1-3,7H2,(H,17,18)(H2,15,16,19). The smallest absolute Gasteiger partial charge is 0.335 e. The Morgan fingerprint density at radius 1 is 1.32 bits per heavy atom. The number of nitrogens with one attached hydrogen (secondary N) is 2. The molecule has 1 saturated carbocycles. The molecule has 0 aromatic heterocycles. The number of anilines is 1. The zero-order chi connectivity index (χ0) is 13.8. The van der Waals surface area contributed by atoms with Crippen LogP contribution in [0.1, 0.15) is 29.6 Å². The van der Waals surface area contributed by atoms with E-state index < -0.39 is 5.97 Å². The molecule has 2 rings (SSSR count). The first-order chi connectivity index (χ1) is 9.04. The highest BCUT2D eigenvalue weighted by Gasteiger charge is 2.17. The first-order valence-electron chi connectivity index (χ1n) is 6.13. The molecule has 0 saturated heterocycles. The molecule has 1 aliphatic rings. The van der Waals surface area contributed by atoms with Gasteiger partial charge in [0, 0.05) is 16.7 Å². The van der Waals surface area contributed by atoms with Crippen molar-refractivity contribution in [1.82, 2.24) is 5.32 Å². The number of carbonyl (C=O) groups is 2. The molecule has 6 heteroatoms. The van der Waals surface area contributed by atoms with Crippen LogP contribution in [0, 0.1) is 5.92 Å². The zero-order valence-corrected chi connectivity index (χ0v) is 11.9. The van der Waals surface area contributed by atoms with E-state index in [1.807, 2.05) is 0 Å². The minimum absolute atomic E-state index is 0.128. The molecule has 0 bridgehead atoms. The second-order valence-electron chi connectivity index (χ2n) is 4.67. The van der Waals surface area contributed by atoms with Crippen molar-refractivity contribution in [3.05, 3.63) is 28.2 Å². The van der Waals surface area contributed by atoms with E-state index >= 15 is 0 Å². The predicted octanol–water partition coefficient (Wildman–Crippen LogP) is 3.07. The van der Waals surface area contributed by atoms with Gasteiger partial charge in [-0.15, -0.1) is 0 Å². The summed E-state index contributed by atoms with van der Waals surface area (Å²) in [4.78, 5) is 22.6. The molecule has 0 atom stereocenters. The largest absolute Gasteiger partial charge is 0.478 e. The first kappa shape index (κ1) is 13.9. The number of carboxylic acid groups (broad SMARTS) is 1. The summed E-state index contributed by atoms with van der Waals surface area (Å²) in [6, 6.07) is 4.27. The zero-order valence-electron chi connectivity index (χ0n) is 10.3. The molecule has 0 aliphatic heterocycles. The van der Waals surface area contributed by atoms with Gasteiger partial charge in [-0.05, 0) is 37.0 Å². The second-order valence-corrected chi connectivity index (χ2v) is 5.58. The van der Waals surface area contributed by atoms with Crippen LogP contribution >= 0.6 is 15.9 Å². The van der Waals surface area contributed by atoms with Crippen molar-refractivity contribution in [3.8, 4) is 0 Å². The van der Waals surface area contributed by atoms with Gasteiger partial charge in [0.15, 0.2) is 0 Å². The van der Waals surface area contributed by atoms with E-state index in [-0.39, 0.29) is 11.6 Å². The van der Waals surface area contributed by atoms with E-state index in [1.54, 1.807) is 6.07 Å². The Kier molecular flexibility index (Phi) is 4.42. The predicted molar refractivity (Wildman–Crippen MR) is 75.5 cm³/mol. The molecule has 0 radical (unpaired) electrons. The van der Waals surface area contributed by atoms with Gasteiger partial charge >= 0.3 is 12.0 Å². The highest BCUT2D eigenvalue weighted by molar-refractivity contribution is 9.10. The van der Waals surface area contributed by atoms with Gasteiger partial charge in [0.25, 0.3) is 0 Å². The van der Waals surface area contributed by atoms with Crippen molar-refractivity contribution in [3.63, 3.8) is 0 Å². The van der Waals surface area contributed by atoms with Gasteiger partial charge in [0.05, 0.1) is 5.56 Å². The van der Waals surface area contributed by atoms with Crippen molar-refractivity contribution in [2.75, 3.05) is 11.9 Å². The normalized spacial score (nSPS) is 14.6. The second kappa shape index (κ2) is 6.06. The van der Waals surface area contributed by atoms with Crippen LogP contribution in [-0.2, 0) is 0 Å². The molecular weight excluding hydrogens is 312 g/mol. The maximum absolute atomic E-state index is 11.7. The molecule has 1 aromatic carbocycles. The van der Waals surface area contributed by atoms with Crippen molar-refractivity contribution < 1.29 is 14.7 Å². The minimum atomic E-state index is -1.03. The molecule has 1 fully saturated rings. The van der Waals surface area contributed by atoms with E-state index in [1.165, 1.54) is 31.4 Å². The molecule has 0 heterocycles. The summed E-state index contributed by atoms with van der Waals surface area (Å²) < 4.78 is 0.613. The van der Waals surface area contributed by atoms with Crippen molar-refractivity contribution >= 4 is 33.6 Å². The molecule has 102 valence electrons. The Labute approximate surface area is 119 Å². The quantitative estimate of drug-likeness (QED) is 0.795. The van der Waals surface area contributed by atoms with E-state index in [2.05, 4.69) is 26.6 Å². The lowest BCUT2D eigenvalue weighted by Crippen LogP contribution is -2.35. The van der Waals surface area contributed by atoms with Gasteiger partial charge in [-0.1, -0.05) is 22.4 Å².